The molecule has 1 aromatic carbocycles. The molecular formula is C26H29F4N7O. The van der Waals surface area contributed by atoms with Crippen molar-refractivity contribution in [3.05, 3.63) is 47.9 Å². The van der Waals surface area contributed by atoms with Crippen LogP contribution in [0.1, 0.15) is 43.5 Å². The van der Waals surface area contributed by atoms with E-state index in [1.54, 1.807) is 0 Å². The molecule has 2 saturated heterocycles. The van der Waals surface area contributed by atoms with Crippen LogP contribution >= 0.6 is 0 Å². The fraction of sp³-hybridized carbons (Fsp3) is 0.500. The van der Waals surface area contributed by atoms with Gasteiger partial charge in [0.1, 0.15) is 18.0 Å². The van der Waals surface area contributed by atoms with Gasteiger partial charge in [-0.25, -0.2) is 19.3 Å². The highest BCUT2D eigenvalue weighted by atomic mass is 19.4. The van der Waals surface area contributed by atoms with Crippen molar-refractivity contribution >= 4 is 11.6 Å². The second kappa shape index (κ2) is 9.72. The van der Waals surface area contributed by atoms with E-state index >= 15 is 0 Å². The maximum absolute atomic E-state index is 13.9. The molecule has 12 heteroatoms. The molecule has 0 saturated carbocycles. The fourth-order valence-corrected chi connectivity index (χ4v) is 5.38. The molecule has 3 aliphatic heterocycles. The lowest BCUT2D eigenvalue weighted by Gasteiger charge is -2.34. The van der Waals surface area contributed by atoms with E-state index in [0.717, 1.165) is 69.3 Å². The molecule has 2 fully saturated rings. The lowest BCUT2D eigenvalue weighted by atomic mass is 9.95. The Hall–Kier alpha value is -3.41. The van der Waals surface area contributed by atoms with Crippen LogP contribution in [0, 0.1) is 5.82 Å². The molecule has 5 heterocycles. The number of benzene rings is 1. The number of likely N-dealkylation sites (tertiary alicyclic amines) is 1. The van der Waals surface area contributed by atoms with E-state index in [9.17, 15) is 17.6 Å². The maximum atomic E-state index is 13.9. The Labute approximate surface area is 217 Å². The number of hydrogen-bond acceptors (Lipinski definition) is 7. The van der Waals surface area contributed by atoms with Crippen molar-refractivity contribution in [2.24, 2.45) is 0 Å². The minimum absolute atomic E-state index is 0.131. The van der Waals surface area contributed by atoms with E-state index in [4.69, 9.17) is 9.72 Å². The molecule has 202 valence electrons. The normalized spacial score (nSPS) is 20.1. The van der Waals surface area contributed by atoms with Crippen molar-refractivity contribution in [2.45, 2.75) is 51.1 Å². The summed E-state index contributed by atoms with van der Waals surface area (Å²) in [7, 11) is 0. The molecule has 8 nitrogen and oxygen atoms in total. The Morgan fingerprint density at radius 3 is 2.58 bits per heavy atom. The molecule has 3 aliphatic rings. The fourth-order valence-electron chi connectivity index (χ4n) is 5.38. The SMILES string of the molecule is CC1Nc2ncnc(N3CCC(c4nc(-c5ccc(F)c(C(F)(F)F)c5)cn4CCN4CCC4)CC3)c2O1. The molecule has 0 radical (unpaired) electrons. The summed E-state index contributed by atoms with van der Waals surface area (Å²) < 4.78 is 61.9. The Morgan fingerprint density at radius 1 is 1.08 bits per heavy atom. The van der Waals surface area contributed by atoms with Gasteiger partial charge in [-0.2, -0.15) is 13.2 Å². The van der Waals surface area contributed by atoms with Gasteiger partial charge in [-0.3, -0.25) is 0 Å². The van der Waals surface area contributed by atoms with Crippen LogP contribution in [-0.2, 0) is 12.7 Å². The number of alkyl halides is 3. The number of imidazole rings is 1. The number of nitrogens with one attached hydrogen (secondary N) is 1. The first-order chi connectivity index (χ1) is 18.3. The van der Waals surface area contributed by atoms with Gasteiger partial charge in [-0.1, -0.05) is 0 Å². The van der Waals surface area contributed by atoms with E-state index in [0.29, 0.717) is 23.8 Å². The van der Waals surface area contributed by atoms with Gasteiger partial charge < -0.3 is 24.4 Å². The topological polar surface area (TPSA) is 71.3 Å². The summed E-state index contributed by atoms with van der Waals surface area (Å²) in [5.74, 6) is 1.82. The van der Waals surface area contributed by atoms with Crippen molar-refractivity contribution in [2.75, 3.05) is 42.9 Å². The predicted octanol–water partition coefficient (Wildman–Crippen LogP) is 4.74. The molecule has 1 unspecified atom stereocenters. The van der Waals surface area contributed by atoms with E-state index in [1.807, 2.05) is 13.1 Å². The monoisotopic (exact) mass is 531 g/mol. The number of halogens is 4. The third-order valence-corrected chi connectivity index (χ3v) is 7.56. The summed E-state index contributed by atoms with van der Waals surface area (Å²) in [5.41, 5.74) is -0.586. The van der Waals surface area contributed by atoms with Crippen molar-refractivity contribution in [1.29, 1.82) is 0 Å². The molecule has 1 atom stereocenters. The average Bonchev–Trinajstić information content (AvgIpc) is 3.45. The van der Waals surface area contributed by atoms with Crippen molar-refractivity contribution < 1.29 is 22.3 Å². The average molecular weight is 532 g/mol. The Bertz CT molecular complexity index is 1320. The van der Waals surface area contributed by atoms with Crippen molar-refractivity contribution in [3.8, 4) is 17.0 Å². The third-order valence-electron chi connectivity index (χ3n) is 7.56. The zero-order chi connectivity index (χ0) is 26.4. The Balaban J connectivity index is 1.25. The Morgan fingerprint density at radius 2 is 1.87 bits per heavy atom. The van der Waals surface area contributed by atoms with Crippen LogP contribution in [0.4, 0.5) is 29.2 Å². The van der Waals surface area contributed by atoms with Crippen LogP contribution in [0.5, 0.6) is 5.75 Å². The first-order valence-electron chi connectivity index (χ1n) is 13.0. The van der Waals surface area contributed by atoms with Gasteiger partial charge in [0.2, 0.25) is 5.75 Å². The molecular weight excluding hydrogens is 502 g/mol. The Kier molecular flexibility index (Phi) is 6.37. The van der Waals surface area contributed by atoms with Gasteiger partial charge in [0.25, 0.3) is 0 Å². The number of piperidine rings is 1. The highest BCUT2D eigenvalue weighted by Gasteiger charge is 2.35. The molecule has 38 heavy (non-hydrogen) atoms. The molecule has 3 aromatic rings. The zero-order valence-electron chi connectivity index (χ0n) is 21.0. The summed E-state index contributed by atoms with van der Waals surface area (Å²) in [6.07, 6.45) is 1.20. The van der Waals surface area contributed by atoms with Crippen molar-refractivity contribution in [1.82, 2.24) is 24.4 Å². The predicted molar refractivity (Wildman–Crippen MR) is 134 cm³/mol. The summed E-state index contributed by atoms with van der Waals surface area (Å²) in [6.45, 7) is 7.04. The summed E-state index contributed by atoms with van der Waals surface area (Å²) in [6, 6.07) is 3.09. The second-order valence-electron chi connectivity index (χ2n) is 10.1. The minimum atomic E-state index is -4.77. The van der Waals surface area contributed by atoms with Crippen LogP contribution in [-0.4, -0.2) is 63.4 Å². The number of ether oxygens (including phenoxy) is 1. The van der Waals surface area contributed by atoms with Crippen LogP contribution in [0.2, 0.25) is 0 Å². The molecule has 0 bridgehead atoms. The van der Waals surface area contributed by atoms with Crippen molar-refractivity contribution in [3.63, 3.8) is 0 Å². The van der Waals surface area contributed by atoms with Gasteiger partial charge in [0, 0.05) is 43.9 Å². The van der Waals surface area contributed by atoms with E-state index in [-0.39, 0.29) is 17.7 Å². The second-order valence-corrected chi connectivity index (χ2v) is 10.1. The lowest BCUT2D eigenvalue weighted by molar-refractivity contribution is -0.139. The number of fused-ring (bicyclic) bond motifs is 1. The van der Waals surface area contributed by atoms with Crippen LogP contribution in [0.25, 0.3) is 11.3 Å². The number of aromatic nitrogens is 4. The molecule has 2 aromatic heterocycles. The summed E-state index contributed by atoms with van der Waals surface area (Å²) in [4.78, 5) is 18.1. The summed E-state index contributed by atoms with van der Waals surface area (Å²) in [5, 5.41) is 3.18. The van der Waals surface area contributed by atoms with Crippen LogP contribution in [0.3, 0.4) is 0 Å². The minimum Gasteiger partial charge on any atom is -0.463 e. The molecule has 0 aliphatic carbocycles. The van der Waals surface area contributed by atoms with E-state index < -0.39 is 17.6 Å². The number of hydrogen-bond donors (Lipinski definition) is 1. The molecule has 1 N–H and O–H groups in total. The third kappa shape index (κ3) is 4.77. The van der Waals surface area contributed by atoms with Crippen LogP contribution in [0.15, 0.2) is 30.7 Å². The smallest absolute Gasteiger partial charge is 0.419 e. The first kappa shape index (κ1) is 24.9. The lowest BCUT2D eigenvalue weighted by Crippen LogP contribution is -2.39. The first-order valence-corrected chi connectivity index (χ1v) is 13.0. The van der Waals surface area contributed by atoms with Gasteiger partial charge in [-0.15, -0.1) is 0 Å². The highest BCUT2D eigenvalue weighted by Crippen LogP contribution is 2.40. The van der Waals surface area contributed by atoms with Gasteiger partial charge in [0.15, 0.2) is 17.9 Å². The largest absolute Gasteiger partial charge is 0.463 e. The van der Waals surface area contributed by atoms with Gasteiger partial charge in [-0.05, 0) is 57.5 Å². The number of nitrogens with zero attached hydrogens (tertiary/aromatic N) is 6. The van der Waals surface area contributed by atoms with E-state index in [2.05, 4.69) is 29.7 Å². The summed E-state index contributed by atoms with van der Waals surface area (Å²) >= 11 is 0. The van der Waals surface area contributed by atoms with Gasteiger partial charge in [0.05, 0.1) is 11.3 Å². The number of rotatable bonds is 6. The molecule has 0 amide bonds. The maximum Gasteiger partial charge on any atom is 0.419 e. The quantitative estimate of drug-likeness (QED) is 0.461. The number of anilines is 2. The highest BCUT2D eigenvalue weighted by molar-refractivity contribution is 5.67. The van der Waals surface area contributed by atoms with E-state index in [1.165, 1.54) is 18.8 Å². The zero-order valence-corrected chi connectivity index (χ0v) is 21.0. The molecule has 0 spiro atoms. The van der Waals surface area contributed by atoms with Gasteiger partial charge >= 0.3 is 6.18 Å². The molecule has 6 rings (SSSR count). The van der Waals surface area contributed by atoms with Crippen LogP contribution < -0.4 is 15.0 Å². The standard InChI is InChI=1S/C26H29F4N7O/c1-16-33-23-22(38-16)25(32-15-31-23)36-9-5-17(6-10-36)24-34-21(14-37(24)12-11-35-7-2-8-35)18-3-4-20(27)19(13-18)26(28,29)30/h3-4,13-17H,2,5-12H2,1H3,(H,31,32,33).